The van der Waals surface area contributed by atoms with Crippen molar-refractivity contribution in [2.24, 2.45) is 10.8 Å². The van der Waals surface area contributed by atoms with Gasteiger partial charge in [-0.05, 0) is 64.8 Å². The van der Waals surface area contributed by atoms with Crippen molar-refractivity contribution in [1.29, 1.82) is 0 Å². The van der Waals surface area contributed by atoms with E-state index in [1.165, 1.54) is 0 Å². The fourth-order valence-corrected chi connectivity index (χ4v) is 5.76. The van der Waals surface area contributed by atoms with Crippen molar-refractivity contribution in [2.45, 2.75) is 76.8 Å². The second-order valence-corrected chi connectivity index (χ2v) is 10.8. The van der Waals surface area contributed by atoms with Gasteiger partial charge in [0.15, 0.2) is 11.6 Å². The van der Waals surface area contributed by atoms with Gasteiger partial charge in [0.05, 0.1) is 35.2 Å². The minimum atomic E-state index is -1.83. The zero-order valence-electron chi connectivity index (χ0n) is 19.2. The molecule has 3 saturated heterocycles. The molecule has 3 fully saturated rings. The highest BCUT2D eigenvalue weighted by atomic mass is 16.6. The van der Waals surface area contributed by atoms with E-state index >= 15 is 0 Å². The Morgan fingerprint density at radius 3 is 1.28 bits per heavy atom. The van der Waals surface area contributed by atoms with Crippen molar-refractivity contribution in [3.8, 4) is 0 Å². The molecule has 0 aromatic carbocycles. The Morgan fingerprint density at radius 1 is 0.625 bits per heavy atom. The fourth-order valence-electron chi connectivity index (χ4n) is 5.76. The Kier molecular flexibility index (Phi) is 3.88. The molecule has 32 heavy (non-hydrogen) atoms. The number of carbonyl (C=O) groups is 4. The lowest BCUT2D eigenvalue weighted by Crippen LogP contribution is -2.53. The highest BCUT2D eigenvalue weighted by Gasteiger charge is 2.75. The number of cyclic esters (lactones) is 2. The Labute approximate surface area is 186 Å². The van der Waals surface area contributed by atoms with Crippen LogP contribution in [0, 0.1) is 10.8 Å². The van der Waals surface area contributed by atoms with E-state index in [2.05, 4.69) is 0 Å². The molecule has 2 spiro atoms. The summed E-state index contributed by atoms with van der Waals surface area (Å²) in [6.45, 7) is 10.3. The van der Waals surface area contributed by atoms with Gasteiger partial charge < -0.3 is 18.9 Å². The van der Waals surface area contributed by atoms with Gasteiger partial charge in [-0.25, -0.2) is 9.59 Å². The number of hydrogen-bond donors (Lipinski definition) is 0. The van der Waals surface area contributed by atoms with Crippen molar-refractivity contribution >= 4 is 23.5 Å². The normalized spacial score (nSPS) is 44.1. The summed E-state index contributed by atoms with van der Waals surface area (Å²) < 4.78 is 23.2. The smallest absolute Gasteiger partial charge is 0.350 e. The van der Waals surface area contributed by atoms with Crippen LogP contribution >= 0.6 is 0 Å². The third kappa shape index (κ3) is 2.07. The van der Waals surface area contributed by atoms with E-state index in [1.54, 1.807) is 53.7 Å². The molecule has 0 aromatic heterocycles. The number of fused-ring (bicyclic) bond motifs is 2. The monoisotopic (exact) mass is 444 g/mol. The number of carbonyl (C=O) groups excluding carboxylic acids is 4. The number of hydrogen-bond acceptors (Lipinski definition) is 8. The zero-order valence-corrected chi connectivity index (χ0v) is 19.2. The molecular formula is C24H28O8. The Morgan fingerprint density at radius 2 is 0.969 bits per heavy atom. The van der Waals surface area contributed by atoms with Crippen LogP contribution in [0.4, 0.5) is 0 Å². The van der Waals surface area contributed by atoms with Gasteiger partial charge in [0.1, 0.15) is 0 Å². The van der Waals surface area contributed by atoms with Gasteiger partial charge in [-0.15, -0.1) is 0 Å². The second-order valence-electron chi connectivity index (χ2n) is 10.8. The topological polar surface area (TPSA) is 105 Å². The molecule has 4 bridgehead atoms. The average molecular weight is 444 g/mol. The lowest BCUT2D eigenvalue weighted by molar-refractivity contribution is -0.171. The Bertz CT molecular complexity index is 980. The van der Waals surface area contributed by atoms with Crippen molar-refractivity contribution < 1.29 is 38.1 Å². The van der Waals surface area contributed by atoms with Crippen molar-refractivity contribution in [2.75, 3.05) is 13.2 Å². The molecular weight excluding hydrogens is 416 g/mol. The van der Waals surface area contributed by atoms with Gasteiger partial charge in [0.2, 0.25) is 11.2 Å². The van der Waals surface area contributed by atoms with Crippen LogP contribution in [0.5, 0.6) is 0 Å². The maximum absolute atomic E-state index is 13.3. The van der Waals surface area contributed by atoms with Crippen LogP contribution in [0.15, 0.2) is 23.3 Å². The van der Waals surface area contributed by atoms with Crippen LogP contribution in [-0.4, -0.2) is 59.1 Å². The first-order valence-electron chi connectivity index (χ1n) is 11.0. The van der Waals surface area contributed by atoms with Crippen molar-refractivity contribution in [3.05, 3.63) is 23.3 Å². The summed E-state index contributed by atoms with van der Waals surface area (Å²) in [5.41, 5.74) is -6.59. The lowest BCUT2D eigenvalue weighted by atomic mass is 9.65. The molecule has 5 aliphatic rings. The standard InChI is InChI=1S/C24H28O8/c1-19(2)15(25)23-13(11-21(19,5)31-23)7-9-30-18(28)24-14(8-10-29-17(23)27)12-22(6,32-24)20(3,4)16(24)26/h11-12H,7-10H2,1-6H3/t21-,22-,23-,24+/m0/s1. The van der Waals surface area contributed by atoms with Gasteiger partial charge in [-0.1, -0.05) is 0 Å². The highest BCUT2D eigenvalue weighted by Crippen LogP contribution is 2.60. The first-order chi connectivity index (χ1) is 14.7. The van der Waals surface area contributed by atoms with Gasteiger partial charge in [0, 0.05) is 12.8 Å². The average Bonchev–Trinajstić information content (AvgIpc) is 3.29. The molecule has 8 heteroatoms. The van der Waals surface area contributed by atoms with Crippen LogP contribution in [0.2, 0.25) is 0 Å². The summed E-state index contributed by atoms with van der Waals surface area (Å²) in [6, 6.07) is 0. The van der Waals surface area contributed by atoms with Crippen LogP contribution in [-0.2, 0) is 38.1 Å². The molecule has 0 radical (unpaired) electrons. The molecule has 4 atom stereocenters. The maximum Gasteiger partial charge on any atom is 0.350 e. The second kappa shape index (κ2) is 5.78. The van der Waals surface area contributed by atoms with Crippen LogP contribution in [0.25, 0.3) is 0 Å². The first kappa shape index (κ1) is 21.5. The highest BCUT2D eigenvalue weighted by molar-refractivity contribution is 6.17. The molecule has 8 nitrogen and oxygen atoms in total. The summed E-state index contributed by atoms with van der Waals surface area (Å²) in [6.07, 6.45) is 3.74. The van der Waals surface area contributed by atoms with Crippen LogP contribution in [0.3, 0.4) is 0 Å². The van der Waals surface area contributed by atoms with E-state index in [-0.39, 0.29) is 37.6 Å². The number of esters is 2. The summed E-state index contributed by atoms with van der Waals surface area (Å²) in [5, 5.41) is 0. The van der Waals surface area contributed by atoms with Crippen LogP contribution < -0.4 is 0 Å². The van der Waals surface area contributed by atoms with E-state index in [0.717, 1.165) is 0 Å². The molecule has 172 valence electrons. The summed E-state index contributed by atoms with van der Waals surface area (Å²) in [4.78, 5) is 53.2. The molecule has 5 rings (SSSR count). The minimum Gasteiger partial charge on any atom is -0.463 e. The third-order valence-electron chi connectivity index (χ3n) is 8.57. The number of ether oxygens (including phenoxy) is 4. The van der Waals surface area contributed by atoms with Crippen LogP contribution in [0.1, 0.15) is 54.4 Å². The predicted octanol–water partition coefficient (Wildman–Crippen LogP) is 1.99. The first-order valence-corrected chi connectivity index (χ1v) is 11.0. The summed E-state index contributed by atoms with van der Waals surface area (Å²) >= 11 is 0. The fraction of sp³-hybridized carbons (Fsp3) is 0.667. The SMILES string of the molecule is CC1(C)C(=O)[C@@]23O[C@@]1(C)C=C2CCOC(=O)[C@@]12O[C@@](C)(C=C1CCOC3=O)C(C)(C)C2=O. The Hall–Kier alpha value is -2.32. The van der Waals surface area contributed by atoms with Crippen molar-refractivity contribution in [3.63, 3.8) is 0 Å². The summed E-state index contributed by atoms with van der Waals surface area (Å²) in [7, 11) is 0. The summed E-state index contributed by atoms with van der Waals surface area (Å²) in [5.74, 6) is -2.26. The molecule has 0 amide bonds. The molecule has 0 unspecified atom stereocenters. The maximum atomic E-state index is 13.3. The van der Waals surface area contributed by atoms with Gasteiger partial charge in [0.25, 0.3) is 0 Å². The molecule has 0 aromatic rings. The molecule has 5 heterocycles. The Balaban J connectivity index is 1.53. The van der Waals surface area contributed by atoms with Gasteiger partial charge in [-0.2, -0.15) is 0 Å². The van der Waals surface area contributed by atoms with E-state index in [1.807, 2.05) is 0 Å². The quantitative estimate of drug-likeness (QED) is 0.317. The third-order valence-corrected chi connectivity index (χ3v) is 8.57. The minimum absolute atomic E-state index is 0.0994. The van der Waals surface area contributed by atoms with E-state index in [9.17, 15) is 19.2 Å². The van der Waals surface area contributed by atoms with Gasteiger partial charge in [-0.3, -0.25) is 9.59 Å². The van der Waals surface area contributed by atoms with Gasteiger partial charge >= 0.3 is 11.9 Å². The predicted molar refractivity (Wildman–Crippen MR) is 109 cm³/mol. The molecule has 0 aliphatic carbocycles. The molecule has 0 saturated carbocycles. The van der Waals surface area contributed by atoms with E-state index in [4.69, 9.17) is 18.9 Å². The van der Waals surface area contributed by atoms with E-state index < -0.39 is 45.2 Å². The lowest BCUT2D eigenvalue weighted by Gasteiger charge is -2.34. The largest absolute Gasteiger partial charge is 0.463 e. The zero-order chi connectivity index (χ0) is 23.5. The van der Waals surface area contributed by atoms with Crippen molar-refractivity contribution in [1.82, 2.24) is 0 Å². The molecule has 5 aliphatic heterocycles. The number of rotatable bonds is 0. The number of Topliss-reactive ketones (excluding diaryl/α,β-unsaturated/α-hetero) is 2. The van der Waals surface area contributed by atoms with E-state index in [0.29, 0.717) is 11.1 Å². The number of ketones is 2. The molecule has 0 N–H and O–H groups in total.